The van der Waals surface area contributed by atoms with Crippen LogP contribution in [0.25, 0.3) is 0 Å². The summed E-state index contributed by atoms with van der Waals surface area (Å²) in [5.41, 5.74) is 0.843. The molecule has 5 nitrogen and oxygen atoms in total. The van der Waals surface area contributed by atoms with Gasteiger partial charge in [0, 0.05) is 5.56 Å². The zero-order valence-electron chi connectivity index (χ0n) is 13.0. The normalized spacial score (nSPS) is 19.5. The number of hydrogen-bond acceptors (Lipinski definition) is 4. The third kappa shape index (κ3) is 3.38. The average Bonchev–Trinajstić information content (AvgIpc) is 2.85. The first kappa shape index (κ1) is 16.7. The molecule has 22 heavy (non-hydrogen) atoms. The van der Waals surface area contributed by atoms with Gasteiger partial charge in [-0.05, 0) is 18.4 Å². The van der Waals surface area contributed by atoms with Crippen LogP contribution in [0.1, 0.15) is 31.2 Å². The van der Waals surface area contributed by atoms with Gasteiger partial charge < -0.3 is 14.7 Å². The van der Waals surface area contributed by atoms with Crippen LogP contribution in [0.5, 0.6) is 5.75 Å². The number of aliphatic carboxylic acids is 1. The molecule has 2 rings (SSSR count). The van der Waals surface area contributed by atoms with Gasteiger partial charge in [-0.25, -0.2) is 4.79 Å². The van der Waals surface area contributed by atoms with Crippen molar-refractivity contribution in [2.45, 2.75) is 31.7 Å². The summed E-state index contributed by atoms with van der Waals surface area (Å²) < 4.78 is 5.36. The summed E-state index contributed by atoms with van der Waals surface area (Å²) in [4.78, 5) is 25.5. The van der Waals surface area contributed by atoms with Gasteiger partial charge in [0.05, 0.1) is 12.9 Å². The quantitative estimate of drug-likeness (QED) is 0.872. The van der Waals surface area contributed by atoms with Crippen LogP contribution in [0.15, 0.2) is 24.3 Å². The van der Waals surface area contributed by atoms with Gasteiger partial charge in [-0.2, -0.15) is 0 Å². The number of thioether (sulfide) groups is 1. The SMILES string of the molecule is COc1ccccc1C1SCC(=O)N1C(CC(C)C)C(=O)O. The van der Waals surface area contributed by atoms with Gasteiger partial charge in [-0.3, -0.25) is 4.79 Å². The maximum absolute atomic E-state index is 12.3. The van der Waals surface area contributed by atoms with E-state index in [1.54, 1.807) is 7.11 Å². The van der Waals surface area contributed by atoms with Crippen LogP contribution >= 0.6 is 11.8 Å². The largest absolute Gasteiger partial charge is 0.496 e. The van der Waals surface area contributed by atoms with Crippen molar-refractivity contribution in [3.8, 4) is 5.75 Å². The number of nitrogens with zero attached hydrogens (tertiary/aromatic N) is 1. The van der Waals surface area contributed by atoms with Crippen molar-refractivity contribution in [2.75, 3.05) is 12.9 Å². The zero-order chi connectivity index (χ0) is 16.3. The van der Waals surface area contributed by atoms with E-state index in [0.29, 0.717) is 17.9 Å². The fourth-order valence-corrected chi connectivity index (χ4v) is 3.91. The third-order valence-electron chi connectivity index (χ3n) is 3.63. The molecule has 1 aromatic carbocycles. The Morgan fingerprint density at radius 1 is 1.45 bits per heavy atom. The van der Waals surface area contributed by atoms with Gasteiger partial charge in [0.1, 0.15) is 17.2 Å². The summed E-state index contributed by atoms with van der Waals surface area (Å²) >= 11 is 1.45. The van der Waals surface area contributed by atoms with Crippen LogP contribution in [-0.4, -0.2) is 40.8 Å². The Labute approximate surface area is 134 Å². The molecule has 0 radical (unpaired) electrons. The molecule has 1 aliphatic rings. The Balaban J connectivity index is 2.38. The first-order chi connectivity index (χ1) is 10.5. The molecule has 1 N–H and O–H groups in total. The molecular weight excluding hydrogens is 302 g/mol. The van der Waals surface area contributed by atoms with Crippen LogP contribution in [-0.2, 0) is 9.59 Å². The molecular formula is C16H21NO4S. The van der Waals surface area contributed by atoms with Crippen molar-refractivity contribution in [3.63, 3.8) is 0 Å². The van der Waals surface area contributed by atoms with Gasteiger partial charge >= 0.3 is 5.97 Å². The maximum atomic E-state index is 12.3. The molecule has 0 spiro atoms. The first-order valence-corrected chi connectivity index (χ1v) is 8.29. The second kappa shape index (κ2) is 7.05. The monoisotopic (exact) mass is 323 g/mol. The molecule has 120 valence electrons. The summed E-state index contributed by atoms with van der Waals surface area (Å²) in [6.07, 6.45) is 0.438. The minimum Gasteiger partial charge on any atom is -0.496 e. The molecule has 2 unspecified atom stereocenters. The molecule has 6 heteroatoms. The van der Waals surface area contributed by atoms with Crippen molar-refractivity contribution < 1.29 is 19.4 Å². The van der Waals surface area contributed by atoms with Gasteiger partial charge in [0.2, 0.25) is 5.91 Å². The molecule has 0 saturated carbocycles. The second-order valence-corrected chi connectivity index (χ2v) is 6.76. The predicted octanol–water partition coefficient (Wildman–Crippen LogP) is 2.77. The van der Waals surface area contributed by atoms with E-state index in [4.69, 9.17) is 4.74 Å². The summed E-state index contributed by atoms with van der Waals surface area (Å²) in [5.74, 6) is 0.0783. The number of ether oxygens (including phenoxy) is 1. The fraction of sp³-hybridized carbons (Fsp3) is 0.500. The van der Waals surface area contributed by atoms with E-state index < -0.39 is 12.0 Å². The van der Waals surface area contributed by atoms with Crippen LogP contribution in [0.4, 0.5) is 0 Å². The van der Waals surface area contributed by atoms with E-state index in [1.165, 1.54) is 16.7 Å². The number of rotatable bonds is 6. The molecule has 1 heterocycles. The number of para-hydroxylation sites is 1. The van der Waals surface area contributed by atoms with Gasteiger partial charge in [0.15, 0.2) is 0 Å². The molecule has 2 atom stereocenters. The van der Waals surface area contributed by atoms with E-state index in [2.05, 4.69) is 0 Å². The Morgan fingerprint density at radius 2 is 2.14 bits per heavy atom. The number of carboxylic acid groups (broad SMARTS) is 1. The van der Waals surface area contributed by atoms with Gasteiger partial charge in [0.25, 0.3) is 0 Å². The standard InChI is InChI=1S/C16H21NO4S/c1-10(2)8-12(16(19)20)17-14(18)9-22-15(17)11-6-4-5-7-13(11)21-3/h4-7,10,12,15H,8-9H2,1-3H3,(H,19,20). The summed E-state index contributed by atoms with van der Waals surface area (Å²) in [5, 5.41) is 9.24. The molecule has 1 amide bonds. The second-order valence-electron chi connectivity index (χ2n) is 5.69. The highest BCUT2D eigenvalue weighted by atomic mass is 32.2. The Morgan fingerprint density at radius 3 is 2.73 bits per heavy atom. The van der Waals surface area contributed by atoms with E-state index in [1.807, 2.05) is 38.1 Å². The molecule has 1 aromatic rings. The lowest BCUT2D eigenvalue weighted by Gasteiger charge is -2.31. The van der Waals surface area contributed by atoms with Crippen LogP contribution in [0.3, 0.4) is 0 Å². The van der Waals surface area contributed by atoms with Crippen molar-refractivity contribution >= 4 is 23.6 Å². The molecule has 0 aromatic heterocycles. The highest BCUT2D eigenvalue weighted by molar-refractivity contribution is 8.00. The lowest BCUT2D eigenvalue weighted by molar-refractivity contribution is -0.150. The summed E-state index contributed by atoms with van der Waals surface area (Å²) in [7, 11) is 1.58. The number of methoxy groups -OCH3 is 1. The lowest BCUT2D eigenvalue weighted by atomic mass is 10.0. The van der Waals surface area contributed by atoms with Crippen LogP contribution < -0.4 is 4.74 Å². The number of carbonyl (C=O) groups is 2. The minimum atomic E-state index is -0.954. The summed E-state index contributed by atoms with van der Waals surface area (Å²) in [6, 6.07) is 6.64. The molecule has 1 aliphatic heterocycles. The van der Waals surface area contributed by atoms with Crippen LogP contribution in [0, 0.1) is 5.92 Å². The van der Waals surface area contributed by atoms with Crippen molar-refractivity contribution in [1.82, 2.24) is 4.90 Å². The average molecular weight is 323 g/mol. The number of amides is 1. The van der Waals surface area contributed by atoms with E-state index in [-0.39, 0.29) is 17.2 Å². The predicted molar refractivity (Wildman–Crippen MR) is 85.9 cm³/mol. The maximum Gasteiger partial charge on any atom is 0.326 e. The van der Waals surface area contributed by atoms with Crippen molar-refractivity contribution in [3.05, 3.63) is 29.8 Å². The molecule has 1 saturated heterocycles. The number of benzene rings is 1. The van der Waals surface area contributed by atoms with Gasteiger partial charge in [-0.1, -0.05) is 32.0 Å². The van der Waals surface area contributed by atoms with E-state index in [9.17, 15) is 14.7 Å². The zero-order valence-corrected chi connectivity index (χ0v) is 13.8. The van der Waals surface area contributed by atoms with Crippen LogP contribution in [0.2, 0.25) is 0 Å². The van der Waals surface area contributed by atoms with Crippen molar-refractivity contribution in [1.29, 1.82) is 0 Å². The number of hydrogen-bond donors (Lipinski definition) is 1. The Kier molecular flexibility index (Phi) is 5.34. The van der Waals surface area contributed by atoms with Gasteiger partial charge in [-0.15, -0.1) is 11.8 Å². The first-order valence-electron chi connectivity index (χ1n) is 7.24. The number of carbonyl (C=O) groups excluding carboxylic acids is 1. The van der Waals surface area contributed by atoms with Crippen molar-refractivity contribution in [2.24, 2.45) is 5.92 Å². The molecule has 0 aliphatic carbocycles. The number of carboxylic acids is 1. The molecule has 1 fully saturated rings. The summed E-state index contributed by atoms with van der Waals surface area (Å²) in [6.45, 7) is 3.92. The fourth-order valence-electron chi connectivity index (χ4n) is 2.66. The third-order valence-corrected chi connectivity index (χ3v) is 4.84. The topological polar surface area (TPSA) is 66.8 Å². The highest BCUT2D eigenvalue weighted by Crippen LogP contribution is 2.44. The highest BCUT2D eigenvalue weighted by Gasteiger charge is 2.42. The Bertz CT molecular complexity index is 561. The van der Waals surface area contributed by atoms with E-state index >= 15 is 0 Å². The smallest absolute Gasteiger partial charge is 0.326 e. The minimum absolute atomic E-state index is 0.131. The molecule has 0 bridgehead atoms. The van der Waals surface area contributed by atoms with E-state index in [0.717, 1.165) is 5.56 Å². The lowest BCUT2D eigenvalue weighted by Crippen LogP contribution is -2.44. The Hall–Kier alpha value is -1.69.